The first kappa shape index (κ1) is 12.9. The Morgan fingerprint density at radius 2 is 2.33 bits per heavy atom. The smallest absolute Gasteiger partial charge is 0.195 e. The minimum atomic E-state index is 0.0622. The van der Waals surface area contributed by atoms with Crippen molar-refractivity contribution in [2.45, 2.75) is 10.1 Å². The highest BCUT2D eigenvalue weighted by atomic mass is 79.9. The Balaban J connectivity index is 2.43. The number of hydrogen-bond acceptors (Lipinski definition) is 5. The van der Waals surface area contributed by atoms with Crippen molar-refractivity contribution in [3.8, 4) is 0 Å². The highest BCUT2D eigenvalue weighted by molar-refractivity contribution is 9.10. The Hall–Kier alpha value is -1.54. The molecule has 1 heterocycles. The van der Waals surface area contributed by atoms with Gasteiger partial charge in [-0.2, -0.15) is 0 Å². The number of oxime groups is 1. The SMILES string of the molecule is Cn1cnnc1Sc1cc(Br)ccc1/C(N)=N/O. The molecule has 0 bridgehead atoms. The normalized spacial score (nSPS) is 11.8. The molecular formula is C10H10BrN5OS. The van der Waals surface area contributed by atoms with Gasteiger partial charge < -0.3 is 15.5 Å². The second-order valence-electron chi connectivity index (χ2n) is 3.45. The molecule has 1 aromatic carbocycles. The molecule has 0 saturated heterocycles. The van der Waals surface area contributed by atoms with Crippen LogP contribution in [0.1, 0.15) is 5.56 Å². The second kappa shape index (κ2) is 5.40. The number of hydrogen-bond donors (Lipinski definition) is 2. The molecule has 0 fully saturated rings. The van der Waals surface area contributed by atoms with Crippen LogP contribution in [0.5, 0.6) is 0 Å². The lowest BCUT2D eigenvalue weighted by molar-refractivity contribution is 0.318. The van der Waals surface area contributed by atoms with E-state index < -0.39 is 0 Å². The summed E-state index contributed by atoms with van der Waals surface area (Å²) in [5.74, 6) is 0.0622. The Morgan fingerprint density at radius 3 is 2.94 bits per heavy atom. The molecule has 0 atom stereocenters. The summed E-state index contributed by atoms with van der Waals surface area (Å²) in [6, 6.07) is 5.48. The van der Waals surface area contributed by atoms with Gasteiger partial charge in [-0.15, -0.1) is 10.2 Å². The van der Waals surface area contributed by atoms with Crippen molar-refractivity contribution in [2.75, 3.05) is 0 Å². The average molecular weight is 328 g/mol. The Labute approximate surface area is 116 Å². The summed E-state index contributed by atoms with van der Waals surface area (Å²) < 4.78 is 2.70. The fourth-order valence-electron chi connectivity index (χ4n) is 1.31. The van der Waals surface area contributed by atoms with Crippen LogP contribution in [0, 0.1) is 0 Å². The van der Waals surface area contributed by atoms with Crippen LogP contribution in [0.2, 0.25) is 0 Å². The summed E-state index contributed by atoms with van der Waals surface area (Å²) in [6.07, 6.45) is 1.61. The first-order valence-corrected chi connectivity index (χ1v) is 6.52. The van der Waals surface area contributed by atoms with Crippen LogP contribution in [0.4, 0.5) is 0 Å². The predicted octanol–water partition coefficient (Wildman–Crippen LogP) is 1.82. The third-order valence-corrected chi connectivity index (χ3v) is 3.80. The molecule has 2 rings (SSSR count). The highest BCUT2D eigenvalue weighted by Crippen LogP contribution is 2.31. The van der Waals surface area contributed by atoms with Crippen LogP contribution < -0.4 is 5.73 Å². The molecule has 1 aromatic heterocycles. The van der Waals surface area contributed by atoms with E-state index in [-0.39, 0.29) is 5.84 Å². The Morgan fingerprint density at radius 1 is 1.56 bits per heavy atom. The molecule has 0 unspecified atom stereocenters. The molecule has 0 saturated carbocycles. The van der Waals surface area contributed by atoms with E-state index in [4.69, 9.17) is 10.9 Å². The quantitative estimate of drug-likeness (QED) is 0.388. The zero-order valence-corrected chi connectivity index (χ0v) is 11.8. The van der Waals surface area contributed by atoms with Gasteiger partial charge in [-0.3, -0.25) is 0 Å². The van der Waals surface area contributed by atoms with E-state index in [9.17, 15) is 0 Å². The fourth-order valence-corrected chi connectivity index (χ4v) is 2.77. The Kier molecular flexibility index (Phi) is 3.87. The van der Waals surface area contributed by atoms with Gasteiger partial charge in [0.15, 0.2) is 11.0 Å². The monoisotopic (exact) mass is 327 g/mol. The number of nitrogens with zero attached hydrogens (tertiary/aromatic N) is 4. The molecule has 0 aliphatic rings. The maximum atomic E-state index is 8.77. The van der Waals surface area contributed by atoms with Crippen LogP contribution in [0.3, 0.4) is 0 Å². The molecule has 2 aromatic rings. The molecule has 18 heavy (non-hydrogen) atoms. The van der Waals surface area contributed by atoms with E-state index in [0.717, 1.165) is 14.5 Å². The standard InChI is InChI=1S/C10H10BrN5OS/c1-16-5-13-14-10(16)18-8-4-6(11)2-3-7(8)9(12)15-17/h2-5,17H,1H3,(H2,12,15). The number of aryl methyl sites for hydroxylation is 1. The van der Waals surface area contributed by atoms with Crippen LogP contribution >= 0.6 is 27.7 Å². The van der Waals surface area contributed by atoms with Crippen molar-refractivity contribution >= 4 is 33.5 Å². The first-order chi connectivity index (χ1) is 8.61. The van der Waals surface area contributed by atoms with Gasteiger partial charge in [-0.1, -0.05) is 21.1 Å². The third-order valence-electron chi connectivity index (χ3n) is 2.20. The maximum Gasteiger partial charge on any atom is 0.195 e. The summed E-state index contributed by atoms with van der Waals surface area (Å²) in [5, 5.41) is 20.3. The lowest BCUT2D eigenvalue weighted by Crippen LogP contribution is -2.14. The number of halogens is 1. The zero-order chi connectivity index (χ0) is 13.1. The summed E-state index contributed by atoms with van der Waals surface area (Å²) in [4.78, 5) is 0.829. The molecule has 0 amide bonds. The minimum absolute atomic E-state index is 0.0622. The number of benzene rings is 1. The maximum absolute atomic E-state index is 8.77. The minimum Gasteiger partial charge on any atom is -0.409 e. The van der Waals surface area contributed by atoms with Crippen LogP contribution in [-0.4, -0.2) is 25.8 Å². The predicted molar refractivity (Wildman–Crippen MR) is 71.8 cm³/mol. The molecular weight excluding hydrogens is 318 g/mol. The van der Waals surface area contributed by atoms with E-state index in [1.165, 1.54) is 11.8 Å². The van der Waals surface area contributed by atoms with Gasteiger partial charge in [0.25, 0.3) is 0 Å². The van der Waals surface area contributed by atoms with Crippen molar-refractivity contribution in [3.63, 3.8) is 0 Å². The second-order valence-corrected chi connectivity index (χ2v) is 5.38. The number of amidine groups is 1. The van der Waals surface area contributed by atoms with E-state index in [0.29, 0.717) is 5.56 Å². The number of nitrogens with two attached hydrogens (primary N) is 1. The average Bonchev–Trinajstić information content (AvgIpc) is 2.74. The Bertz CT molecular complexity index is 598. The molecule has 0 radical (unpaired) electrons. The number of rotatable bonds is 3. The van der Waals surface area contributed by atoms with Crippen molar-refractivity contribution in [1.29, 1.82) is 0 Å². The topological polar surface area (TPSA) is 89.3 Å². The summed E-state index contributed by atoms with van der Waals surface area (Å²) in [5.41, 5.74) is 6.29. The van der Waals surface area contributed by atoms with Crippen molar-refractivity contribution in [3.05, 3.63) is 34.6 Å². The molecule has 8 heteroatoms. The number of aromatic nitrogens is 3. The molecule has 3 N–H and O–H groups in total. The molecule has 0 aliphatic heterocycles. The molecule has 0 aliphatic carbocycles. The van der Waals surface area contributed by atoms with Gasteiger partial charge in [0.05, 0.1) is 0 Å². The lowest BCUT2D eigenvalue weighted by Gasteiger charge is -2.07. The highest BCUT2D eigenvalue weighted by Gasteiger charge is 2.12. The third kappa shape index (κ3) is 2.65. The van der Waals surface area contributed by atoms with E-state index in [1.807, 2.05) is 19.2 Å². The first-order valence-electron chi connectivity index (χ1n) is 4.91. The van der Waals surface area contributed by atoms with Crippen molar-refractivity contribution < 1.29 is 5.21 Å². The van der Waals surface area contributed by atoms with Crippen LogP contribution in [0.25, 0.3) is 0 Å². The van der Waals surface area contributed by atoms with Gasteiger partial charge in [0, 0.05) is 22.0 Å². The van der Waals surface area contributed by atoms with Crippen LogP contribution in [0.15, 0.2) is 44.2 Å². The largest absolute Gasteiger partial charge is 0.409 e. The van der Waals surface area contributed by atoms with Gasteiger partial charge in [-0.25, -0.2) is 0 Å². The molecule has 6 nitrogen and oxygen atoms in total. The van der Waals surface area contributed by atoms with Gasteiger partial charge >= 0.3 is 0 Å². The fraction of sp³-hybridized carbons (Fsp3) is 0.100. The molecule has 94 valence electrons. The lowest BCUT2D eigenvalue weighted by atomic mass is 10.2. The van der Waals surface area contributed by atoms with Gasteiger partial charge in [0.1, 0.15) is 6.33 Å². The summed E-state index contributed by atoms with van der Waals surface area (Å²) >= 11 is 4.78. The van der Waals surface area contributed by atoms with E-state index >= 15 is 0 Å². The summed E-state index contributed by atoms with van der Waals surface area (Å²) in [6.45, 7) is 0. The van der Waals surface area contributed by atoms with Gasteiger partial charge in [0.2, 0.25) is 0 Å². The molecule has 0 spiro atoms. The van der Waals surface area contributed by atoms with E-state index in [2.05, 4.69) is 31.3 Å². The van der Waals surface area contributed by atoms with Crippen molar-refractivity contribution in [1.82, 2.24) is 14.8 Å². The van der Waals surface area contributed by atoms with E-state index in [1.54, 1.807) is 17.0 Å². The zero-order valence-electron chi connectivity index (χ0n) is 9.41. The summed E-state index contributed by atoms with van der Waals surface area (Å²) in [7, 11) is 1.85. The van der Waals surface area contributed by atoms with Crippen LogP contribution in [-0.2, 0) is 7.05 Å². The van der Waals surface area contributed by atoms with Gasteiger partial charge in [-0.05, 0) is 30.0 Å². The van der Waals surface area contributed by atoms with Crippen molar-refractivity contribution in [2.24, 2.45) is 17.9 Å².